The first kappa shape index (κ1) is 12.3. The van der Waals surface area contributed by atoms with Gasteiger partial charge >= 0.3 is 5.97 Å². The van der Waals surface area contributed by atoms with Gasteiger partial charge in [-0.2, -0.15) is 0 Å². The van der Waals surface area contributed by atoms with Gasteiger partial charge in [-0.3, -0.25) is 4.79 Å². The maximum absolute atomic E-state index is 11.7. The standard InChI is InChI=1S/C15H19NO3/c17-12-8-4-6-10-13(15(18)19)9-5-2-1-3-7-11(9)16-14(10)12/h4,6,8-9,11,13,16-17H,1-3,5,7H2,(H,18,19). The molecule has 3 N–H and O–H groups in total. The molecule has 4 heteroatoms. The predicted octanol–water partition coefficient (Wildman–Crippen LogP) is 2.93. The van der Waals surface area contributed by atoms with E-state index in [1.165, 1.54) is 6.42 Å². The number of hydrogen-bond donors (Lipinski definition) is 3. The Labute approximate surface area is 112 Å². The summed E-state index contributed by atoms with van der Waals surface area (Å²) in [5.41, 5.74) is 1.36. The number of anilines is 1. The third-order valence-corrected chi connectivity index (χ3v) is 4.50. The molecule has 3 atom stereocenters. The number of fused-ring (bicyclic) bond motifs is 2. The summed E-state index contributed by atoms with van der Waals surface area (Å²) >= 11 is 0. The van der Waals surface area contributed by atoms with Crippen molar-refractivity contribution in [3.8, 4) is 5.75 Å². The lowest BCUT2D eigenvalue weighted by Gasteiger charge is -2.38. The number of carboxylic acids is 1. The molecule has 1 aliphatic carbocycles. The number of aliphatic carboxylic acids is 1. The molecule has 0 spiro atoms. The molecule has 3 unspecified atom stereocenters. The van der Waals surface area contributed by atoms with Crippen LogP contribution in [0.1, 0.15) is 43.6 Å². The van der Waals surface area contributed by atoms with Crippen LogP contribution in [0.15, 0.2) is 18.2 Å². The molecule has 1 aromatic rings. The van der Waals surface area contributed by atoms with E-state index in [4.69, 9.17) is 0 Å². The quantitative estimate of drug-likeness (QED) is 0.680. The number of benzene rings is 1. The van der Waals surface area contributed by atoms with Crippen molar-refractivity contribution < 1.29 is 15.0 Å². The number of para-hydroxylation sites is 1. The normalized spacial score (nSPS) is 29.6. The van der Waals surface area contributed by atoms with Crippen LogP contribution in [-0.2, 0) is 4.79 Å². The smallest absolute Gasteiger partial charge is 0.311 e. The Bertz CT molecular complexity index is 500. The van der Waals surface area contributed by atoms with Crippen LogP contribution in [0.25, 0.3) is 0 Å². The zero-order valence-corrected chi connectivity index (χ0v) is 10.8. The summed E-state index contributed by atoms with van der Waals surface area (Å²) in [6, 6.07) is 5.33. The first-order valence-corrected chi connectivity index (χ1v) is 6.99. The summed E-state index contributed by atoms with van der Waals surface area (Å²) in [5.74, 6) is -0.975. The van der Waals surface area contributed by atoms with E-state index in [-0.39, 0.29) is 17.7 Å². The molecule has 0 saturated heterocycles. The highest BCUT2D eigenvalue weighted by Crippen LogP contribution is 2.46. The van der Waals surface area contributed by atoms with Crippen molar-refractivity contribution in [2.75, 3.05) is 5.32 Å². The molecule has 4 nitrogen and oxygen atoms in total. The summed E-state index contributed by atoms with van der Waals surface area (Å²) in [7, 11) is 0. The second kappa shape index (κ2) is 4.76. The highest BCUT2D eigenvalue weighted by atomic mass is 16.4. The largest absolute Gasteiger partial charge is 0.506 e. The van der Waals surface area contributed by atoms with Gasteiger partial charge in [0, 0.05) is 6.04 Å². The van der Waals surface area contributed by atoms with Crippen molar-refractivity contribution in [1.82, 2.24) is 0 Å². The lowest BCUT2D eigenvalue weighted by Crippen LogP contribution is -2.40. The minimum absolute atomic E-state index is 0.134. The van der Waals surface area contributed by atoms with Gasteiger partial charge in [0.1, 0.15) is 5.75 Å². The van der Waals surface area contributed by atoms with Crippen molar-refractivity contribution in [2.45, 2.75) is 44.1 Å². The Morgan fingerprint density at radius 3 is 2.79 bits per heavy atom. The second-order valence-corrected chi connectivity index (χ2v) is 5.61. The van der Waals surface area contributed by atoms with E-state index in [0.29, 0.717) is 5.69 Å². The third kappa shape index (κ3) is 2.05. The van der Waals surface area contributed by atoms with Gasteiger partial charge in [0.05, 0.1) is 11.6 Å². The Kier molecular flexibility index (Phi) is 3.09. The number of carboxylic acid groups (broad SMARTS) is 1. The Hall–Kier alpha value is -1.71. The van der Waals surface area contributed by atoms with Crippen LogP contribution in [-0.4, -0.2) is 22.2 Å². The van der Waals surface area contributed by atoms with Crippen molar-refractivity contribution in [3.63, 3.8) is 0 Å². The fraction of sp³-hybridized carbons (Fsp3) is 0.533. The summed E-state index contributed by atoms with van der Waals surface area (Å²) in [5, 5.41) is 22.9. The van der Waals surface area contributed by atoms with Gasteiger partial charge in [-0.1, -0.05) is 31.4 Å². The molecule has 1 aromatic carbocycles. The molecule has 1 heterocycles. The van der Waals surface area contributed by atoms with Crippen molar-refractivity contribution in [1.29, 1.82) is 0 Å². The molecule has 1 fully saturated rings. The van der Waals surface area contributed by atoms with E-state index in [2.05, 4.69) is 5.32 Å². The Morgan fingerprint density at radius 1 is 1.21 bits per heavy atom. The number of aromatic hydroxyl groups is 1. The van der Waals surface area contributed by atoms with Gasteiger partial charge in [-0.15, -0.1) is 0 Å². The molecule has 0 radical (unpaired) electrons. The lowest BCUT2D eigenvalue weighted by molar-refractivity contribution is -0.140. The molecule has 0 amide bonds. The highest BCUT2D eigenvalue weighted by molar-refractivity contribution is 5.82. The van der Waals surface area contributed by atoms with Crippen LogP contribution in [0, 0.1) is 5.92 Å². The van der Waals surface area contributed by atoms with Gasteiger partial charge in [0.2, 0.25) is 0 Å². The molecule has 3 rings (SSSR count). The van der Waals surface area contributed by atoms with Crippen LogP contribution in [0.3, 0.4) is 0 Å². The van der Waals surface area contributed by atoms with Crippen LogP contribution in [0.4, 0.5) is 5.69 Å². The number of hydrogen-bond acceptors (Lipinski definition) is 3. The fourth-order valence-corrected chi connectivity index (χ4v) is 3.62. The minimum Gasteiger partial charge on any atom is -0.506 e. The van der Waals surface area contributed by atoms with E-state index in [9.17, 15) is 15.0 Å². The average molecular weight is 261 g/mol. The molecule has 0 bridgehead atoms. The number of rotatable bonds is 1. The van der Waals surface area contributed by atoms with Crippen LogP contribution < -0.4 is 5.32 Å². The molecular weight excluding hydrogens is 242 g/mol. The number of carbonyl (C=O) groups is 1. The van der Waals surface area contributed by atoms with E-state index in [0.717, 1.165) is 31.2 Å². The Morgan fingerprint density at radius 2 is 2.00 bits per heavy atom. The minimum atomic E-state index is -0.773. The maximum atomic E-state index is 11.7. The number of phenolic OH excluding ortho intramolecular Hbond substituents is 1. The molecular formula is C15H19NO3. The van der Waals surface area contributed by atoms with Gasteiger partial charge in [-0.25, -0.2) is 0 Å². The monoisotopic (exact) mass is 261 g/mol. The molecule has 102 valence electrons. The van der Waals surface area contributed by atoms with Gasteiger partial charge in [0.15, 0.2) is 0 Å². The second-order valence-electron chi connectivity index (χ2n) is 5.61. The molecule has 1 aliphatic heterocycles. The molecule has 19 heavy (non-hydrogen) atoms. The highest BCUT2D eigenvalue weighted by Gasteiger charge is 2.41. The van der Waals surface area contributed by atoms with Crippen LogP contribution in [0.5, 0.6) is 5.75 Å². The van der Waals surface area contributed by atoms with Gasteiger partial charge < -0.3 is 15.5 Å². The summed E-state index contributed by atoms with van der Waals surface area (Å²) in [6.45, 7) is 0. The van der Waals surface area contributed by atoms with Crippen molar-refractivity contribution in [2.24, 2.45) is 5.92 Å². The zero-order valence-electron chi connectivity index (χ0n) is 10.8. The van der Waals surface area contributed by atoms with Gasteiger partial charge in [-0.05, 0) is 30.4 Å². The first-order chi connectivity index (χ1) is 9.18. The van der Waals surface area contributed by atoms with Gasteiger partial charge in [0.25, 0.3) is 0 Å². The van der Waals surface area contributed by atoms with E-state index in [1.54, 1.807) is 12.1 Å². The number of phenols is 1. The van der Waals surface area contributed by atoms with Crippen LogP contribution >= 0.6 is 0 Å². The molecule has 1 saturated carbocycles. The summed E-state index contributed by atoms with van der Waals surface area (Å²) < 4.78 is 0. The third-order valence-electron chi connectivity index (χ3n) is 4.50. The molecule has 0 aromatic heterocycles. The van der Waals surface area contributed by atoms with E-state index in [1.807, 2.05) is 6.07 Å². The summed E-state index contributed by atoms with van der Waals surface area (Å²) in [4.78, 5) is 11.7. The summed E-state index contributed by atoms with van der Waals surface area (Å²) in [6.07, 6.45) is 5.33. The first-order valence-electron chi connectivity index (χ1n) is 6.99. The average Bonchev–Trinajstić information content (AvgIpc) is 2.61. The lowest BCUT2D eigenvalue weighted by atomic mass is 9.75. The van der Waals surface area contributed by atoms with E-state index < -0.39 is 11.9 Å². The van der Waals surface area contributed by atoms with Crippen molar-refractivity contribution in [3.05, 3.63) is 23.8 Å². The SMILES string of the molecule is O=C(O)C1c2cccc(O)c2NC2CCCCCC21. The predicted molar refractivity (Wildman–Crippen MR) is 72.5 cm³/mol. The van der Waals surface area contributed by atoms with E-state index >= 15 is 0 Å². The zero-order chi connectivity index (χ0) is 13.4. The maximum Gasteiger partial charge on any atom is 0.311 e. The van der Waals surface area contributed by atoms with Crippen LogP contribution in [0.2, 0.25) is 0 Å². The Balaban J connectivity index is 2.08. The topological polar surface area (TPSA) is 69.6 Å². The van der Waals surface area contributed by atoms with Crippen molar-refractivity contribution >= 4 is 11.7 Å². The fourth-order valence-electron chi connectivity index (χ4n) is 3.62. The molecule has 2 aliphatic rings. The number of nitrogens with one attached hydrogen (secondary N) is 1.